The molecule has 8 nitrogen and oxygen atoms in total. The maximum Gasteiger partial charge on any atom is 0.319 e. The van der Waals surface area contributed by atoms with Crippen molar-refractivity contribution in [2.24, 2.45) is 11.8 Å². The van der Waals surface area contributed by atoms with Crippen LogP contribution in [-0.2, 0) is 13.1 Å². The number of benzene rings is 6. The summed E-state index contributed by atoms with van der Waals surface area (Å²) >= 11 is 0. The Labute approximate surface area is 359 Å². The van der Waals surface area contributed by atoms with Crippen LogP contribution in [-0.4, -0.2) is 44.6 Å². The lowest BCUT2D eigenvalue weighted by molar-refractivity contribution is 0.102. The molecule has 8 rings (SSSR count). The van der Waals surface area contributed by atoms with E-state index in [4.69, 9.17) is 9.52 Å². The number of para-hydroxylation sites is 2. The monoisotopic (exact) mass is 826 g/mol. The molecule has 310 valence electrons. The Morgan fingerprint density at radius 2 is 1.00 bits per heavy atom. The van der Waals surface area contributed by atoms with E-state index in [1.165, 1.54) is 16.4 Å². The van der Waals surface area contributed by atoms with Gasteiger partial charge in [-0.1, -0.05) is 170 Å². The highest BCUT2D eigenvalue weighted by Crippen LogP contribution is 2.38. The molecule has 0 aliphatic heterocycles. The Bertz CT molecular complexity index is 2740. The Morgan fingerprint density at radius 3 is 1.44 bits per heavy atom. The van der Waals surface area contributed by atoms with Crippen molar-refractivity contribution < 1.29 is 19.1 Å². The van der Waals surface area contributed by atoms with Crippen LogP contribution in [0.5, 0.6) is 11.5 Å². The maximum atomic E-state index is 13.9. The molecule has 2 aromatic heterocycles. The number of rotatable bonds is 12. The summed E-state index contributed by atoms with van der Waals surface area (Å²) in [6.07, 6.45) is 0. The lowest BCUT2D eigenvalue weighted by Gasteiger charge is -2.43. The number of carbonyl (C=O) groups excluding carboxylic acids is 2. The zero-order valence-corrected chi connectivity index (χ0v) is 37.0. The minimum absolute atomic E-state index is 0.0803. The Balaban J connectivity index is 0.000000215. The largest absolute Gasteiger partial charge is 0.534 e. The Morgan fingerprint density at radius 1 is 0.574 bits per heavy atom. The van der Waals surface area contributed by atoms with Crippen LogP contribution in [0.15, 0.2) is 158 Å². The van der Waals surface area contributed by atoms with Crippen LogP contribution in [0.3, 0.4) is 0 Å². The molecular weight excluding hydrogens is 773 g/mol. The highest BCUT2D eigenvalue weighted by atomic mass is 28.4. The van der Waals surface area contributed by atoms with E-state index >= 15 is 0 Å². The molecule has 61 heavy (non-hydrogen) atoms. The normalized spacial score (nSPS) is 11.8. The molecule has 0 spiro atoms. The molecule has 2 heterocycles. The summed E-state index contributed by atoms with van der Waals surface area (Å²) in [7, 11) is -2.82. The topological polar surface area (TPSA) is 99.2 Å². The van der Waals surface area contributed by atoms with Gasteiger partial charge in [-0.05, 0) is 63.6 Å². The molecule has 9 heteroatoms. The van der Waals surface area contributed by atoms with E-state index in [0.29, 0.717) is 40.1 Å². The number of hydrogen-bond donors (Lipinski definition) is 1. The molecule has 0 saturated carbocycles. The summed E-state index contributed by atoms with van der Waals surface area (Å²) in [5, 5.41) is 22.8. The molecule has 0 aliphatic rings. The second-order valence-corrected chi connectivity index (χ2v) is 21.6. The predicted molar refractivity (Wildman–Crippen MR) is 249 cm³/mol. The van der Waals surface area contributed by atoms with Crippen LogP contribution >= 0.6 is 0 Å². The van der Waals surface area contributed by atoms with Crippen LogP contribution in [0.4, 0.5) is 0 Å². The standard InChI is InChI=1S/C34H36N2O2Si.C18H18N2O2/c1-25(2)24-36-31-22-13-12-21-30(31)32(35-36)33(37)26-15-14-16-27(23-26)38-39(34(3,4)5,28-17-8-6-9-18-28)29-19-10-7-11-20-29;1-12(2)11-20-16-9-4-3-8-15(16)17(19-20)18(22)13-6-5-7-14(21)10-13/h6-23,25H,24H2,1-5H3;3-10,12,21H,11H2,1-2H3. The van der Waals surface area contributed by atoms with Crippen LogP contribution in [0.25, 0.3) is 21.8 Å². The van der Waals surface area contributed by atoms with E-state index < -0.39 is 8.32 Å². The van der Waals surface area contributed by atoms with Gasteiger partial charge in [-0.2, -0.15) is 10.2 Å². The first kappa shape index (κ1) is 42.5. The molecule has 0 atom stereocenters. The maximum absolute atomic E-state index is 13.9. The quantitative estimate of drug-likeness (QED) is 0.0973. The molecule has 0 fully saturated rings. The molecule has 8 aromatic rings. The van der Waals surface area contributed by atoms with Crippen LogP contribution < -0.4 is 14.8 Å². The zero-order valence-electron chi connectivity index (χ0n) is 36.0. The number of aromatic nitrogens is 4. The van der Waals surface area contributed by atoms with E-state index in [1.54, 1.807) is 18.2 Å². The van der Waals surface area contributed by atoms with Crippen molar-refractivity contribution in [2.75, 3.05) is 0 Å². The summed E-state index contributed by atoms with van der Waals surface area (Å²) < 4.78 is 11.0. The second kappa shape index (κ2) is 18.0. The van der Waals surface area contributed by atoms with Gasteiger partial charge in [0.1, 0.15) is 22.9 Å². The number of phenols is 1. The molecule has 0 amide bonds. The van der Waals surface area contributed by atoms with E-state index in [2.05, 4.69) is 102 Å². The number of fused-ring (bicyclic) bond motifs is 2. The fraction of sp³-hybridized carbons (Fsp3) is 0.231. The van der Waals surface area contributed by atoms with Crippen molar-refractivity contribution >= 4 is 52.1 Å². The Hall–Kier alpha value is -6.58. The van der Waals surface area contributed by atoms with Crippen molar-refractivity contribution in [1.82, 2.24) is 19.6 Å². The number of aromatic hydroxyl groups is 1. The third-order valence-electron chi connectivity index (χ3n) is 10.7. The zero-order chi connectivity index (χ0) is 43.3. The van der Waals surface area contributed by atoms with Crippen molar-refractivity contribution in [3.63, 3.8) is 0 Å². The number of phenolic OH excluding ortho intramolecular Hbond substituents is 1. The number of hydrogen-bond acceptors (Lipinski definition) is 6. The van der Waals surface area contributed by atoms with Crippen molar-refractivity contribution in [2.45, 2.75) is 66.6 Å². The van der Waals surface area contributed by atoms with Gasteiger partial charge in [0.2, 0.25) is 11.6 Å². The molecule has 1 N–H and O–H groups in total. The smallest absolute Gasteiger partial charge is 0.319 e. The third-order valence-corrected chi connectivity index (χ3v) is 15.7. The van der Waals surface area contributed by atoms with Crippen LogP contribution in [0, 0.1) is 11.8 Å². The minimum atomic E-state index is -2.82. The molecule has 0 aliphatic carbocycles. The van der Waals surface area contributed by atoms with Crippen LogP contribution in [0.2, 0.25) is 5.04 Å². The number of ketones is 2. The van der Waals surface area contributed by atoms with Gasteiger partial charge in [-0.3, -0.25) is 19.0 Å². The summed E-state index contributed by atoms with van der Waals surface area (Å²) in [6, 6.07) is 50.8. The van der Waals surface area contributed by atoms with Gasteiger partial charge >= 0.3 is 8.32 Å². The molecule has 6 aromatic carbocycles. The first-order chi connectivity index (χ1) is 29.3. The van der Waals surface area contributed by atoms with Gasteiger partial charge < -0.3 is 9.53 Å². The lowest BCUT2D eigenvalue weighted by atomic mass is 10.1. The summed E-state index contributed by atoms with van der Waals surface area (Å²) in [6.45, 7) is 16.8. The fourth-order valence-corrected chi connectivity index (χ4v) is 12.4. The van der Waals surface area contributed by atoms with Gasteiger partial charge in [0.05, 0.1) is 11.0 Å². The first-order valence-corrected chi connectivity index (χ1v) is 22.9. The highest BCUT2D eigenvalue weighted by Gasteiger charge is 2.52. The Kier molecular flexibility index (Phi) is 12.5. The van der Waals surface area contributed by atoms with Gasteiger partial charge in [-0.25, -0.2) is 0 Å². The van der Waals surface area contributed by atoms with Gasteiger partial charge in [-0.15, -0.1) is 0 Å². The van der Waals surface area contributed by atoms with E-state index in [-0.39, 0.29) is 22.4 Å². The second-order valence-electron chi connectivity index (χ2n) is 17.4. The summed E-state index contributed by atoms with van der Waals surface area (Å²) in [5.41, 5.74) is 3.87. The molecule has 0 bridgehead atoms. The van der Waals surface area contributed by atoms with Gasteiger partial charge in [0.25, 0.3) is 0 Å². The SMILES string of the molecule is CC(C)Cn1nc(C(=O)c2cccc(O)c2)c2ccccc21.CC(C)Cn1nc(C(=O)c2cccc(O[Si](c3ccccc3)(c3ccccc3)C(C)(C)C)c2)c2ccccc21. The molecule has 0 unspecified atom stereocenters. The lowest BCUT2D eigenvalue weighted by Crippen LogP contribution is -2.68. The average molecular weight is 827 g/mol. The van der Waals surface area contributed by atoms with E-state index in [0.717, 1.165) is 34.9 Å². The van der Waals surface area contributed by atoms with Crippen molar-refractivity contribution in [3.8, 4) is 11.5 Å². The first-order valence-electron chi connectivity index (χ1n) is 21.0. The summed E-state index contributed by atoms with van der Waals surface area (Å²) in [4.78, 5) is 26.6. The van der Waals surface area contributed by atoms with Gasteiger partial charge in [0.15, 0.2) is 0 Å². The van der Waals surface area contributed by atoms with Crippen molar-refractivity contribution in [1.29, 1.82) is 0 Å². The van der Waals surface area contributed by atoms with Gasteiger partial charge in [0, 0.05) is 35.0 Å². The molecule has 0 saturated heterocycles. The van der Waals surface area contributed by atoms with Crippen molar-refractivity contribution in [3.05, 3.63) is 180 Å². The van der Waals surface area contributed by atoms with E-state index in [1.807, 2.05) is 94.3 Å². The third kappa shape index (κ3) is 8.98. The number of carbonyl (C=O) groups is 2. The molecule has 0 radical (unpaired) electrons. The predicted octanol–water partition coefficient (Wildman–Crippen LogP) is 10.5. The number of nitrogens with zero attached hydrogens (tertiary/aromatic N) is 4. The average Bonchev–Trinajstić information content (AvgIpc) is 3.80. The highest BCUT2D eigenvalue weighted by molar-refractivity contribution is 7.00. The molecular formula is C52H54N4O4Si. The summed E-state index contributed by atoms with van der Waals surface area (Å²) in [5.74, 6) is 1.36. The fourth-order valence-electron chi connectivity index (χ4n) is 8.01. The van der Waals surface area contributed by atoms with Crippen LogP contribution in [0.1, 0.15) is 80.6 Å². The van der Waals surface area contributed by atoms with E-state index in [9.17, 15) is 14.7 Å². The minimum Gasteiger partial charge on any atom is -0.534 e.